The second-order valence-corrected chi connectivity index (χ2v) is 9.09. The first-order valence-corrected chi connectivity index (χ1v) is 9.34. The standard InChI is InChI=1S/C23H31Cl/c1-17(18-10-9-11-19(16-18)22(2,3)4)14-15-23(5,6)20-12-7-8-13-21(20)24/h7-13,16-17H,14-15H2,1-6H3. The molecule has 0 amide bonds. The van der Waals surface area contributed by atoms with Crippen LogP contribution in [-0.4, -0.2) is 0 Å². The molecule has 0 aliphatic heterocycles. The lowest BCUT2D eigenvalue weighted by molar-refractivity contribution is 0.439. The normalized spacial score (nSPS) is 13.8. The summed E-state index contributed by atoms with van der Waals surface area (Å²) in [5, 5.41) is 0.880. The van der Waals surface area contributed by atoms with Crippen molar-refractivity contribution in [3.05, 3.63) is 70.2 Å². The molecule has 1 unspecified atom stereocenters. The number of hydrogen-bond acceptors (Lipinski definition) is 0. The van der Waals surface area contributed by atoms with Crippen LogP contribution in [-0.2, 0) is 10.8 Å². The zero-order chi connectivity index (χ0) is 18.0. The van der Waals surface area contributed by atoms with Crippen LogP contribution >= 0.6 is 11.6 Å². The SMILES string of the molecule is CC(CCC(C)(C)c1ccccc1Cl)c1cccc(C(C)(C)C)c1. The van der Waals surface area contributed by atoms with Crippen LogP contribution in [0.3, 0.4) is 0 Å². The molecule has 1 heteroatoms. The molecule has 0 aliphatic rings. The highest BCUT2D eigenvalue weighted by Crippen LogP contribution is 2.36. The summed E-state index contributed by atoms with van der Waals surface area (Å²) in [6.07, 6.45) is 2.28. The average Bonchev–Trinajstić information content (AvgIpc) is 2.52. The lowest BCUT2D eigenvalue weighted by Gasteiger charge is -2.28. The molecule has 0 aromatic heterocycles. The summed E-state index contributed by atoms with van der Waals surface area (Å²) in [6.45, 7) is 13.8. The highest BCUT2D eigenvalue weighted by Gasteiger charge is 2.24. The maximum Gasteiger partial charge on any atom is 0.0443 e. The third-order valence-electron chi connectivity index (χ3n) is 5.13. The maximum atomic E-state index is 6.41. The minimum Gasteiger partial charge on any atom is -0.0840 e. The van der Waals surface area contributed by atoms with Gasteiger partial charge in [0.2, 0.25) is 0 Å². The Kier molecular flexibility index (Phi) is 5.81. The molecule has 0 heterocycles. The van der Waals surface area contributed by atoms with Crippen molar-refractivity contribution in [3.63, 3.8) is 0 Å². The van der Waals surface area contributed by atoms with Gasteiger partial charge in [-0.2, -0.15) is 0 Å². The lowest BCUT2D eigenvalue weighted by atomic mass is 9.77. The second kappa shape index (κ2) is 7.31. The molecule has 0 fully saturated rings. The zero-order valence-electron chi connectivity index (χ0n) is 16.0. The lowest BCUT2D eigenvalue weighted by Crippen LogP contribution is -2.18. The molecular weight excluding hydrogens is 312 g/mol. The molecule has 0 N–H and O–H groups in total. The first-order valence-electron chi connectivity index (χ1n) is 8.97. The van der Waals surface area contributed by atoms with Crippen molar-refractivity contribution in [1.29, 1.82) is 0 Å². The molecule has 0 saturated carbocycles. The predicted octanol–water partition coefficient (Wildman–Crippen LogP) is 7.50. The molecule has 0 nitrogen and oxygen atoms in total. The highest BCUT2D eigenvalue weighted by atomic mass is 35.5. The number of hydrogen-bond donors (Lipinski definition) is 0. The van der Waals surface area contributed by atoms with Gasteiger partial charge in [-0.3, -0.25) is 0 Å². The van der Waals surface area contributed by atoms with Gasteiger partial charge in [0.05, 0.1) is 0 Å². The summed E-state index contributed by atoms with van der Waals surface area (Å²) >= 11 is 6.41. The van der Waals surface area contributed by atoms with Crippen LogP contribution in [0.1, 0.15) is 77.0 Å². The molecule has 0 radical (unpaired) electrons. The minimum atomic E-state index is 0.0915. The van der Waals surface area contributed by atoms with Crippen molar-refractivity contribution >= 4 is 11.6 Å². The molecule has 1 atom stereocenters. The highest BCUT2D eigenvalue weighted by molar-refractivity contribution is 6.31. The Morgan fingerprint density at radius 3 is 2.21 bits per heavy atom. The van der Waals surface area contributed by atoms with Crippen molar-refractivity contribution in [2.24, 2.45) is 0 Å². The second-order valence-electron chi connectivity index (χ2n) is 8.68. The first kappa shape index (κ1) is 19.1. The topological polar surface area (TPSA) is 0 Å². The summed E-state index contributed by atoms with van der Waals surface area (Å²) in [5.41, 5.74) is 4.40. The number of halogens is 1. The fraction of sp³-hybridized carbons (Fsp3) is 0.478. The van der Waals surface area contributed by atoms with E-state index in [0.717, 1.165) is 17.9 Å². The first-order chi connectivity index (χ1) is 11.1. The van der Waals surface area contributed by atoms with E-state index in [4.69, 9.17) is 11.6 Å². The van der Waals surface area contributed by atoms with Gasteiger partial charge in [-0.25, -0.2) is 0 Å². The van der Waals surface area contributed by atoms with Crippen LogP contribution in [0.15, 0.2) is 48.5 Å². The number of benzene rings is 2. The van der Waals surface area contributed by atoms with Gasteiger partial charge in [-0.1, -0.05) is 95.6 Å². The third kappa shape index (κ3) is 4.63. The molecule has 2 rings (SSSR count). The van der Waals surface area contributed by atoms with Gasteiger partial charge in [0, 0.05) is 5.02 Å². The van der Waals surface area contributed by atoms with Crippen molar-refractivity contribution in [3.8, 4) is 0 Å². The smallest absolute Gasteiger partial charge is 0.0443 e. The Morgan fingerprint density at radius 1 is 0.917 bits per heavy atom. The molecule has 24 heavy (non-hydrogen) atoms. The van der Waals surface area contributed by atoms with E-state index in [0.29, 0.717) is 5.92 Å². The fourth-order valence-electron chi connectivity index (χ4n) is 3.20. The molecule has 130 valence electrons. The van der Waals surface area contributed by atoms with Crippen LogP contribution in [0.5, 0.6) is 0 Å². The van der Waals surface area contributed by atoms with Crippen LogP contribution in [0.25, 0.3) is 0 Å². The molecule has 0 saturated heterocycles. The van der Waals surface area contributed by atoms with E-state index in [1.807, 2.05) is 12.1 Å². The van der Waals surface area contributed by atoms with E-state index >= 15 is 0 Å². The van der Waals surface area contributed by atoms with Crippen LogP contribution in [0, 0.1) is 0 Å². The Hall–Kier alpha value is -1.27. The molecule has 2 aromatic carbocycles. The summed E-state index contributed by atoms with van der Waals surface area (Å²) in [5.74, 6) is 0.550. The van der Waals surface area contributed by atoms with Crippen molar-refractivity contribution < 1.29 is 0 Å². The Balaban J connectivity index is 2.10. The van der Waals surface area contributed by atoms with Gasteiger partial charge < -0.3 is 0 Å². The monoisotopic (exact) mass is 342 g/mol. The Labute approximate surface area is 153 Å². The van der Waals surface area contributed by atoms with Gasteiger partial charge in [0.1, 0.15) is 0 Å². The van der Waals surface area contributed by atoms with Gasteiger partial charge in [-0.15, -0.1) is 0 Å². The van der Waals surface area contributed by atoms with Crippen LogP contribution in [0.4, 0.5) is 0 Å². The third-order valence-corrected chi connectivity index (χ3v) is 5.46. The van der Waals surface area contributed by atoms with E-state index in [2.05, 4.69) is 77.9 Å². The van der Waals surface area contributed by atoms with Gasteiger partial charge in [-0.05, 0) is 52.3 Å². The van der Waals surface area contributed by atoms with Crippen LogP contribution < -0.4 is 0 Å². The summed E-state index contributed by atoms with van der Waals surface area (Å²) in [6, 6.07) is 17.3. The Bertz CT molecular complexity index is 676. The Morgan fingerprint density at radius 2 is 1.58 bits per heavy atom. The van der Waals surface area contributed by atoms with E-state index in [1.165, 1.54) is 16.7 Å². The predicted molar refractivity (Wildman–Crippen MR) is 107 cm³/mol. The summed E-state index contributed by atoms with van der Waals surface area (Å²) in [4.78, 5) is 0. The average molecular weight is 343 g/mol. The number of rotatable bonds is 5. The zero-order valence-corrected chi connectivity index (χ0v) is 16.7. The summed E-state index contributed by atoms with van der Waals surface area (Å²) < 4.78 is 0. The van der Waals surface area contributed by atoms with Crippen molar-refractivity contribution in [2.45, 2.75) is 71.1 Å². The largest absolute Gasteiger partial charge is 0.0840 e. The minimum absolute atomic E-state index is 0.0915. The fourth-order valence-corrected chi connectivity index (χ4v) is 3.59. The summed E-state index contributed by atoms with van der Waals surface area (Å²) in [7, 11) is 0. The van der Waals surface area contributed by atoms with Crippen molar-refractivity contribution in [2.75, 3.05) is 0 Å². The molecule has 0 spiro atoms. The van der Waals surface area contributed by atoms with E-state index in [1.54, 1.807) is 0 Å². The van der Waals surface area contributed by atoms with Gasteiger partial charge in [0.15, 0.2) is 0 Å². The van der Waals surface area contributed by atoms with Gasteiger partial charge in [0.25, 0.3) is 0 Å². The molecular formula is C23H31Cl. The molecule has 0 aliphatic carbocycles. The quantitative estimate of drug-likeness (QED) is 0.527. The van der Waals surface area contributed by atoms with E-state index < -0.39 is 0 Å². The maximum absolute atomic E-state index is 6.41. The van der Waals surface area contributed by atoms with Crippen molar-refractivity contribution in [1.82, 2.24) is 0 Å². The molecule has 2 aromatic rings. The van der Waals surface area contributed by atoms with E-state index in [-0.39, 0.29) is 10.8 Å². The van der Waals surface area contributed by atoms with Gasteiger partial charge >= 0.3 is 0 Å². The van der Waals surface area contributed by atoms with E-state index in [9.17, 15) is 0 Å². The molecule has 0 bridgehead atoms. The van der Waals surface area contributed by atoms with Crippen LogP contribution in [0.2, 0.25) is 5.02 Å².